The number of benzene rings is 9. The SMILES string of the molecule is c1ccc(-c2c(N(c3ccc(C4CCCCC4)cc3)c3cccc(-c4ccc(-c5cccc(N(c6ccccc6)c6ccccc6)c5)cc4)c3)ccc3ccccc23)cc1. The average molecular weight is 773 g/mol. The molecule has 2 nitrogen and oxygen atoms in total. The third kappa shape index (κ3) is 7.61. The Kier molecular flexibility index (Phi) is 10.5. The van der Waals surface area contributed by atoms with Crippen molar-refractivity contribution in [1.82, 2.24) is 0 Å². The molecule has 0 saturated heterocycles. The molecule has 0 bridgehead atoms. The van der Waals surface area contributed by atoms with E-state index < -0.39 is 0 Å². The van der Waals surface area contributed by atoms with Crippen molar-refractivity contribution in [2.24, 2.45) is 0 Å². The molecule has 1 saturated carbocycles. The predicted molar refractivity (Wildman–Crippen MR) is 255 cm³/mol. The Bertz CT molecular complexity index is 2780. The molecule has 1 fully saturated rings. The maximum Gasteiger partial charge on any atom is 0.0546 e. The Balaban J connectivity index is 1.03. The van der Waals surface area contributed by atoms with E-state index in [-0.39, 0.29) is 0 Å². The van der Waals surface area contributed by atoms with Crippen LogP contribution in [0.3, 0.4) is 0 Å². The molecule has 0 spiro atoms. The van der Waals surface area contributed by atoms with E-state index in [1.807, 2.05) is 0 Å². The summed E-state index contributed by atoms with van der Waals surface area (Å²) in [6.45, 7) is 0. The summed E-state index contributed by atoms with van der Waals surface area (Å²) in [7, 11) is 0. The first-order valence-corrected chi connectivity index (χ1v) is 21.5. The molecule has 0 aromatic heterocycles. The first kappa shape index (κ1) is 37.1. The smallest absolute Gasteiger partial charge is 0.0546 e. The molecule has 9 aromatic rings. The van der Waals surface area contributed by atoms with Crippen LogP contribution in [-0.4, -0.2) is 0 Å². The first-order valence-electron chi connectivity index (χ1n) is 21.5. The summed E-state index contributed by atoms with van der Waals surface area (Å²) < 4.78 is 0. The highest BCUT2D eigenvalue weighted by Crippen LogP contribution is 2.46. The van der Waals surface area contributed by atoms with Crippen LogP contribution >= 0.6 is 0 Å². The minimum Gasteiger partial charge on any atom is -0.310 e. The zero-order chi connectivity index (χ0) is 40.1. The van der Waals surface area contributed by atoms with Crippen LogP contribution in [0.1, 0.15) is 43.6 Å². The molecule has 0 aliphatic heterocycles. The maximum absolute atomic E-state index is 2.47. The van der Waals surface area contributed by atoms with Crippen LogP contribution in [0.2, 0.25) is 0 Å². The zero-order valence-corrected chi connectivity index (χ0v) is 33.9. The molecule has 1 aliphatic rings. The Morgan fingerprint density at radius 2 is 0.800 bits per heavy atom. The second-order valence-electron chi connectivity index (χ2n) is 16.0. The topological polar surface area (TPSA) is 6.48 Å². The fraction of sp³-hybridized carbons (Fsp3) is 0.103. The lowest BCUT2D eigenvalue weighted by molar-refractivity contribution is 0.443. The van der Waals surface area contributed by atoms with E-state index in [2.05, 4.69) is 234 Å². The number of hydrogen-bond acceptors (Lipinski definition) is 2. The molecule has 0 amide bonds. The molecule has 0 radical (unpaired) electrons. The van der Waals surface area contributed by atoms with Crippen LogP contribution in [-0.2, 0) is 0 Å². The van der Waals surface area contributed by atoms with Gasteiger partial charge in [-0.3, -0.25) is 0 Å². The van der Waals surface area contributed by atoms with Gasteiger partial charge in [0.15, 0.2) is 0 Å². The second-order valence-corrected chi connectivity index (χ2v) is 16.0. The molecular weight excluding hydrogens is 725 g/mol. The molecule has 1 aliphatic carbocycles. The molecule has 2 heteroatoms. The summed E-state index contributed by atoms with van der Waals surface area (Å²) in [5, 5.41) is 2.48. The van der Waals surface area contributed by atoms with E-state index in [0.717, 1.165) is 34.1 Å². The lowest BCUT2D eigenvalue weighted by Crippen LogP contribution is -2.12. The number of rotatable bonds is 10. The van der Waals surface area contributed by atoms with Gasteiger partial charge in [-0.05, 0) is 130 Å². The number of fused-ring (bicyclic) bond motifs is 1. The molecule has 9 aromatic carbocycles. The lowest BCUT2D eigenvalue weighted by Gasteiger charge is -2.30. The van der Waals surface area contributed by atoms with Crippen molar-refractivity contribution in [3.8, 4) is 33.4 Å². The summed E-state index contributed by atoms with van der Waals surface area (Å²) in [6, 6.07) is 81.8. The largest absolute Gasteiger partial charge is 0.310 e. The zero-order valence-electron chi connectivity index (χ0n) is 33.9. The second kappa shape index (κ2) is 17.0. The summed E-state index contributed by atoms with van der Waals surface area (Å²) >= 11 is 0. The fourth-order valence-electron chi connectivity index (χ4n) is 9.22. The van der Waals surface area contributed by atoms with Gasteiger partial charge in [0.2, 0.25) is 0 Å². The van der Waals surface area contributed by atoms with Gasteiger partial charge in [-0.1, -0.05) is 177 Å². The Labute approximate surface area is 354 Å². The average Bonchev–Trinajstić information content (AvgIpc) is 3.33. The molecule has 60 heavy (non-hydrogen) atoms. The lowest BCUT2D eigenvalue weighted by atomic mass is 9.84. The molecule has 0 N–H and O–H groups in total. The molecule has 0 unspecified atom stereocenters. The molecular formula is C58H48N2. The van der Waals surface area contributed by atoms with Crippen LogP contribution in [0, 0.1) is 0 Å². The molecule has 0 heterocycles. The third-order valence-corrected chi connectivity index (χ3v) is 12.2. The van der Waals surface area contributed by atoms with Gasteiger partial charge < -0.3 is 9.80 Å². The summed E-state index contributed by atoms with van der Waals surface area (Å²) in [5.74, 6) is 0.655. The van der Waals surface area contributed by atoms with E-state index in [4.69, 9.17) is 0 Å². The van der Waals surface area contributed by atoms with Gasteiger partial charge in [0.1, 0.15) is 0 Å². The predicted octanol–water partition coefficient (Wildman–Crippen LogP) is 16.8. The minimum atomic E-state index is 0.655. The van der Waals surface area contributed by atoms with Crippen molar-refractivity contribution in [2.45, 2.75) is 38.0 Å². The van der Waals surface area contributed by atoms with E-state index in [9.17, 15) is 0 Å². The van der Waals surface area contributed by atoms with Crippen LogP contribution < -0.4 is 9.80 Å². The van der Waals surface area contributed by atoms with Crippen LogP contribution in [0.5, 0.6) is 0 Å². The van der Waals surface area contributed by atoms with Crippen LogP contribution in [0.4, 0.5) is 34.1 Å². The van der Waals surface area contributed by atoms with Crippen molar-refractivity contribution < 1.29 is 0 Å². The van der Waals surface area contributed by atoms with Crippen LogP contribution in [0.25, 0.3) is 44.2 Å². The standard InChI is InChI=1S/C58H48N2/c1-5-17-43(18-6-1)44-35-38-53(39-36-44)60(57-40-37-47-19-13-14-30-56(47)58(57)48-20-7-2-8-21-48)55-29-16-23-50(42-55)46-33-31-45(32-34-46)49-22-15-28-54(41-49)59(51-24-9-3-10-25-51)52-26-11-4-12-27-52/h2-4,7-16,19-43H,1,5-6,17-18H2. The van der Waals surface area contributed by atoms with Crippen molar-refractivity contribution in [3.63, 3.8) is 0 Å². The van der Waals surface area contributed by atoms with E-state index in [0.29, 0.717) is 5.92 Å². The molecule has 10 rings (SSSR count). The Hall–Kier alpha value is -7.16. The van der Waals surface area contributed by atoms with Crippen molar-refractivity contribution in [3.05, 3.63) is 230 Å². The van der Waals surface area contributed by atoms with E-state index in [1.165, 1.54) is 81.8 Å². The molecule has 290 valence electrons. The van der Waals surface area contributed by atoms with Gasteiger partial charge in [0.25, 0.3) is 0 Å². The van der Waals surface area contributed by atoms with E-state index >= 15 is 0 Å². The summed E-state index contributed by atoms with van der Waals surface area (Å²) in [5.41, 5.74) is 15.5. The van der Waals surface area contributed by atoms with Crippen molar-refractivity contribution in [2.75, 3.05) is 9.80 Å². The monoisotopic (exact) mass is 772 g/mol. The van der Waals surface area contributed by atoms with Gasteiger partial charge in [-0.15, -0.1) is 0 Å². The fourth-order valence-corrected chi connectivity index (χ4v) is 9.22. The highest BCUT2D eigenvalue weighted by atomic mass is 15.1. The van der Waals surface area contributed by atoms with Gasteiger partial charge >= 0.3 is 0 Å². The van der Waals surface area contributed by atoms with Gasteiger partial charge in [0.05, 0.1) is 5.69 Å². The Morgan fingerprint density at radius 3 is 1.40 bits per heavy atom. The van der Waals surface area contributed by atoms with Gasteiger partial charge in [-0.2, -0.15) is 0 Å². The highest BCUT2D eigenvalue weighted by molar-refractivity contribution is 6.05. The van der Waals surface area contributed by atoms with Crippen molar-refractivity contribution in [1.29, 1.82) is 0 Å². The number of nitrogens with zero attached hydrogens (tertiary/aromatic N) is 2. The highest BCUT2D eigenvalue weighted by Gasteiger charge is 2.22. The third-order valence-electron chi connectivity index (χ3n) is 12.2. The number of hydrogen-bond donors (Lipinski definition) is 0. The normalized spacial score (nSPS) is 12.9. The quantitative estimate of drug-likeness (QED) is 0.137. The molecule has 0 atom stereocenters. The summed E-state index contributed by atoms with van der Waals surface area (Å²) in [6.07, 6.45) is 6.60. The van der Waals surface area contributed by atoms with Gasteiger partial charge in [0, 0.05) is 34.0 Å². The summed E-state index contributed by atoms with van der Waals surface area (Å²) in [4.78, 5) is 4.78. The Morgan fingerprint density at radius 1 is 0.317 bits per heavy atom. The number of para-hydroxylation sites is 2. The maximum atomic E-state index is 2.47. The minimum absolute atomic E-state index is 0.655. The van der Waals surface area contributed by atoms with Gasteiger partial charge in [-0.25, -0.2) is 0 Å². The number of anilines is 6. The van der Waals surface area contributed by atoms with Crippen LogP contribution in [0.15, 0.2) is 224 Å². The van der Waals surface area contributed by atoms with Crippen molar-refractivity contribution >= 4 is 44.9 Å². The van der Waals surface area contributed by atoms with E-state index in [1.54, 1.807) is 0 Å². The first-order chi connectivity index (χ1) is 29.8.